The van der Waals surface area contributed by atoms with Crippen molar-refractivity contribution < 1.29 is 9.59 Å². The van der Waals surface area contributed by atoms with Gasteiger partial charge in [-0.1, -0.05) is 39.0 Å². The molecule has 0 saturated heterocycles. The van der Waals surface area contributed by atoms with Gasteiger partial charge in [-0.25, -0.2) is 4.98 Å². The lowest BCUT2D eigenvalue weighted by atomic mass is 9.98. The molecule has 0 spiro atoms. The van der Waals surface area contributed by atoms with E-state index < -0.39 is 0 Å². The smallest absolute Gasteiger partial charge is 0.265 e. The molecule has 0 fully saturated rings. The highest BCUT2D eigenvalue weighted by molar-refractivity contribution is 7.13. The Morgan fingerprint density at radius 3 is 2.43 bits per heavy atom. The number of carbonyl (C=O) groups is 2. The SMILES string of the molecule is CN(CC(=O)Nc1ccccc1)C(=O)c1cnc(C(C)(C)C)s1. The largest absolute Gasteiger partial charge is 0.332 e. The van der Waals surface area contributed by atoms with E-state index in [2.05, 4.69) is 31.1 Å². The molecule has 0 saturated carbocycles. The second kappa shape index (κ2) is 6.91. The lowest BCUT2D eigenvalue weighted by Gasteiger charge is -2.16. The number of para-hydroxylation sites is 1. The van der Waals surface area contributed by atoms with Gasteiger partial charge in [-0.15, -0.1) is 11.3 Å². The molecule has 1 aromatic heterocycles. The minimum Gasteiger partial charge on any atom is -0.332 e. The molecule has 0 atom stereocenters. The number of carbonyl (C=O) groups excluding carboxylic acids is 2. The first-order chi connectivity index (χ1) is 10.8. The third kappa shape index (κ3) is 4.63. The van der Waals surface area contributed by atoms with Crippen LogP contribution in [0.2, 0.25) is 0 Å². The summed E-state index contributed by atoms with van der Waals surface area (Å²) in [7, 11) is 1.61. The van der Waals surface area contributed by atoms with Crippen LogP contribution in [0.15, 0.2) is 36.5 Å². The maximum atomic E-state index is 12.4. The second-order valence-electron chi connectivity index (χ2n) is 6.36. The molecule has 6 heteroatoms. The summed E-state index contributed by atoms with van der Waals surface area (Å²) in [5.41, 5.74) is 0.623. The third-order valence-electron chi connectivity index (χ3n) is 3.14. The van der Waals surface area contributed by atoms with Crippen LogP contribution in [0.3, 0.4) is 0 Å². The molecule has 0 aliphatic rings. The lowest BCUT2D eigenvalue weighted by molar-refractivity contribution is -0.116. The fourth-order valence-corrected chi connectivity index (χ4v) is 2.89. The van der Waals surface area contributed by atoms with Crippen molar-refractivity contribution >= 4 is 28.8 Å². The number of amides is 2. The van der Waals surface area contributed by atoms with Crippen molar-refractivity contribution in [3.63, 3.8) is 0 Å². The summed E-state index contributed by atoms with van der Waals surface area (Å²) in [6, 6.07) is 9.17. The van der Waals surface area contributed by atoms with E-state index in [1.807, 2.05) is 18.2 Å². The number of nitrogens with one attached hydrogen (secondary N) is 1. The van der Waals surface area contributed by atoms with E-state index in [9.17, 15) is 9.59 Å². The van der Waals surface area contributed by atoms with E-state index in [0.717, 1.165) is 5.01 Å². The number of thiazole rings is 1. The molecule has 2 aromatic rings. The van der Waals surface area contributed by atoms with Gasteiger partial charge in [0.2, 0.25) is 5.91 Å². The van der Waals surface area contributed by atoms with Crippen LogP contribution in [0.1, 0.15) is 35.5 Å². The van der Waals surface area contributed by atoms with Gasteiger partial charge in [-0.2, -0.15) is 0 Å². The zero-order chi connectivity index (χ0) is 17.0. The topological polar surface area (TPSA) is 62.3 Å². The van der Waals surface area contributed by atoms with Gasteiger partial charge in [0.25, 0.3) is 5.91 Å². The summed E-state index contributed by atoms with van der Waals surface area (Å²) in [4.78, 5) is 30.7. The molecule has 122 valence electrons. The Morgan fingerprint density at radius 2 is 1.87 bits per heavy atom. The molecular weight excluding hydrogens is 310 g/mol. The fraction of sp³-hybridized carbons (Fsp3) is 0.353. The highest BCUT2D eigenvalue weighted by Gasteiger charge is 2.22. The van der Waals surface area contributed by atoms with Crippen LogP contribution in [0.25, 0.3) is 0 Å². The minimum atomic E-state index is -0.229. The maximum Gasteiger partial charge on any atom is 0.265 e. The number of anilines is 1. The Balaban J connectivity index is 1.97. The minimum absolute atomic E-state index is 0.00349. The van der Waals surface area contributed by atoms with Gasteiger partial charge >= 0.3 is 0 Å². The molecular formula is C17H21N3O2S. The van der Waals surface area contributed by atoms with Gasteiger partial charge < -0.3 is 10.2 Å². The fourth-order valence-electron chi connectivity index (χ4n) is 1.92. The molecule has 2 rings (SSSR count). The zero-order valence-electron chi connectivity index (χ0n) is 13.8. The van der Waals surface area contributed by atoms with Gasteiger partial charge in [-0.3, -0.25) is 9.59 Å². The third-order valence-corrected chi connectivity index (χ3v) is 4.55. The normalized spacial score (nSPS) is 11.1. The predicted molar refractivity (Wildman–Crippen MR) is 92.8 cm³/mol. The van der Waals surface area contributed by atoms with Gasteiger partial charge in [0.05, 0.1) is 17.7 Å². The number of likely N-dealkylation sites (N-methyl/N-ethyl adjacent to an activating group) is 1. The molecule has 0 unspecified atom stereocenters. The van der Waals surface area contributed by atoms with E-state index in [4.69, 9.17) is 0 Å². The molecule has 1 aromatic carbocycles. The zero-order valence-corrected chi connectivity index (χ0v) is 14.6. The number of nitrogens with zero attached hydrogens (tertiary/aromatic N) is 2. The van der Waals surface area contributed by atoms with Crippen molar-refractivity contribution in [3.8, 4) is 0 Å². The Morgan fingerprint density at radius 1 is 1.22 bits per heavy atom. The Kier molecular flexibility index (Phi) is 5.15. The summed E-state index contributed by atoms with van der Waals surface area (Å²) in [5, 5.41) is 3.67. The number of aromatic nitrogens is 1. The highest BCUT2D eigenvalue weighted by Crippen LogP contribution is 2.27. The Hall–Kier alpha value is -2.21. The average Bonchev–Trinajstić information content (AvgIpc) is 2.97. The molecule has 0 aliphatic heterocycles. The molecule has 2 amide bonds. The van der Waals surface area contributed by atoms with Crippen LogP contribution in [-0.4, -0.2) is 35.3 Å². The molecule has 23 heavy (non-hydrogen) atoms. The Bertz CT molecular complexity index is 689. The van der Waals surface area contributed by atoms with Crippen molar-refractivity contribution in [2.75, 3.05) is 18.9 Å². The lowest BCUT2D eigenvalue weighted by Crippen LogP contribution is -2.34. The molecule has 1 heterocycles. The van der Waals surface area contributed by atoms with Crippen LogP contribution < -0.4 is 5.32 Å². The number of rotatable bonds is 4. The standard InChI is InChI=1S/C17H21N3O2S/c1-17(2,3)16-18-10-13(23-16)15(22)20(4)11-14(21)19-12-8-6-5-7-9-12/h5-10H,11H2,1-4H3,(H,19,21). The summed E-state index contributed by atoms with van der Waals surface area (Å²) in [5.74, 6) is -0.422. The van der Waals surface area contributed by atoms with Crippen LogP contribution in [0.5, 0.6) is 0 Å². The van der Waals surface area contributed by atoms with Gasteiger partial charge in [0.1, 0.15) is 4.88 Å². The van der Waals surface area contributed by atoms with Crippen LogP contribution in [-0.2, 0) is 10.2 Å². The number of benzene rings is 1. The second-order valence-corrected chi connectivity index (χ2v) is 7.39. The quantitative estimate of drug-likeness (QED) is 0.936. The van der Waals surface area contributed by atoms with Gasteiger partial charge in [0.15, 0.2) is 0 Å². The average molecular weight is 331 g/mol. The first-order valence-electron chi connectivity index (χ1n) is 7.34. The van der Waals surface area contributed by atoms with Crippen LogP contribution in [0.4, 0.5) is 5.69 Å². The molecule has 5 nitrogen and oxygen atoms in total. The van der Waals surface area contributed by atoms with Crippen molar-refractivity contribution in [2.24, 2.45) is 0 Å². The summed E-state index contributed by atoms with van der Waals surface area (Å²) < 4.78 is 0. The number of hydrogen-bond acceptors (Lipinski definition) is 4. The first-order valence-corrected chi connectivity index (χ1v) is 8.15. The molecule has 1 N–H and O–H groups in total. The van der Waals surface area contributed by atoms with E-state index in [-0.39, 0.29) is 23.8 Å². The molecule has 0 aliphatic carbocycles. The first kappa shape index (κ1) is 17.1. The maximum absolute atomic E-state index is 12.4. The van der Waals surface area contributed by atoms with Crippen molar-refractivity contribution in [1.82, 2.24) is 9.88 Å². The van der Waals surface area contributed by atoms with E-state index >= 15 is 0 Å². The Labute approximate surface area is 140 Å². The van der Waals surface area contributed by atoms with E-state index in [1.54, 1.807) is 25.4 Å². The summed E-state index contributed by atoms with van der Waals surface area (Å²) in [6.45, 7) is 6.15. The van der Waals surface area contributed by atoms with Gasteiger partial charge in [0, 0.05) is 18.2 Å². The number of hydrogen-bond donors (Lipinski definition) is 1. The van der Waals surface area contributed by atoms with Crippen molar-refractivity contribution in [1.29, 1.82) is 0 Å². The van der Waals surface area contributed by atoms with Crippen molar-refractivity contribution in [3.05, 3.63) is 46.4 Å². The van der Waals surface area contributed by atoms with Crippen LogP contribution in [0, 0.1) is 0 Å². The summed E-state index contributed by atoms with van der Waals surface area (Å²) in [6.07, 6.45) is 1.58. The predicted octanol–water partition coefficient (Wildman–Crippen LogP) is 3.15. The van der Waals surface area contributed by atoms with Crippen molar-refractivity contribution in [2.45, 2.75) is 26.2 Å². The van der Waals surface area contributed by atoms with E-state index in [1.165, 1.54) is 16.2 Å². The molecule has 0 bridgehead atoms. The van der Waals surface area contributed by atoms with E-state index in [0.29, 0.717) is 10.6 Å². The highest BCUT2D eigenvalue weighted by atomic mass is 32.1. The van der Waals surface area contributed by atoms with Crippen LogP contribution >= 0.6 is 11.3 Å². The monoisotopic (exact) mass is 331 g/mol. The molecule has 0 radical (unpaired) electrons. The van der Waals surface area contributed by atoms with Gasteiger partial charge in [-0.05, 0) is 12.1 Å². The summed E-state index contributed by atoms with van der Waals surface area (Å²) >= 11 is 1.37.